The van der Waals surface area contributed by atoms with Crippen molar-refractivity contribution in [2.75, 3.05) is 0 Å². The first-order chi connectivity index (χ1) is 8.60. The molecule has 0 aromatic heterocycles. The van der Waals surface area contributed by atoms with E-state index in [2.05, 4.69) is 20.8 Å². The van der Waals surface area contributed by atoms with Crippen LogP contribution in [0.15, 0.2) is 0 Å². The standard InChI is InChI=1S/C16H30O3/c1-11(2)16(19,14(17)18)13-8-6-7-12(9-10-13)15(3,4)5/h11-13,19H,6-10H2,1-5H3,(H,17,18). The lowest BCUT2D eigenvalue weighted by molar-refractivity contribution is -0.172. The van der Waals surface area contributed by atoms with E-state index in [-0.39, 0.29) is 17.3 Å². The van der Waals surface area contributed by atoms with Crippen LogP contribution in [0.25, 0.3) is 0 Å². The molecule has 0 radical (unpaired) electrons. The molecule has 1 fully saturated rings. The number of aliphatic hydroxyl groups is 1. The monoisotopic (exact) mass is 270 g/mol. The van der Waals surface area contributed by atoms with E-state index in [1.54, 1.807) is 13.8 Å². The van der Waals surface area contributed by atoms with Crippen LogP contribution in [-0.2, 0) is 4.79 Å². The Hall–Kier alpha value is -0.570. The van der Waals surface area contributed by atoms with Gasteiger partial charge in [-0.1, -0.05) is 41.0 Å². The molecule has 1 saturated carbocycles. The van der Waals surface area contributed by atoms with Gasteiger partial charge in [0.05, 0.1) is 0 Å². The Morgan fingerprint density at radius 3 is 1.95 bits per heavy atom. The summed E-state index contributed by atoms with van der Waals surface area (Å²) < 4.78 is 0. The first kappa shape index (κ1) is 16.5. The summed E-state index contributed by atoms with van der Waals surface area (Å²) in [6, 6.07) is 0. The number of carboxylic acid groups (broad SMARTS) is 1. The number of rotatable bonds is 3. The smallest absolute Gasteiger partial charge is 0.336 e. The fraction of sp³-hybridized carbons (Fsp3) is 0.938. The van der Waals surface area contributed by atoms with Gasteiger partial charge in [0.25, 0.3) is 0 Å². The van der Waals surface area contributed by atoms with Crippen molar-refractivity contribution >= 4 is 5.97 Å². The quantitative estimate of drug-likeness (QED) is 0.769. The molecular formula is C16H30O3. The molecule has 0 aliphatic heterocycles. The number of hydrogen-bond acceptors (Lipinski definition) is 2. The third-order valence-electron chi connectivity index (χ3n) is 5.04. The van der Waals surface area contributed by atoms with Crippen LogP contribution in [0.5, 0.6) is 0 Å². The second kappa shape index (κ2) is 5.82. The van der Waals surface area contributed by atoms with Gasteiger partial charge in [-0.2, -0.15) is 0 Å². The number of aliphatic carboxylic acids is 1. The van der Waals surface area contributed by atoms with Crippen molar-refractivity contribution in [2.45, 2.75) is 72.3 Å². The summed E-state index contributed by atoms with van der Waals surface area (Å²) in [5, 5.41) is 20.0. The lowest BCUT2D eigenvalue weighted by Gasteiger charge is -2.36. The maximum atomic E-state index is 11.5. The lowest BCUT2D eigenvalue weighted by atomic mass is 9.73. The van der Waals surface area contributed by atoms with Crippen LogP contribution in [-0.4, -0.2) is 21.8 Å². The molecule has 0 bridgehead atoms. The molecule has 1 aliphatic carbocycles. The molecule has 112 valence electrons. The predicted octanol–water partition coefficient (Wildman–Crippen LogP) is 3.70. The molecule has 3 unspecified atom stereocenters. The van der Waals surface area contributed by atoms with Gasteiger partial charge in [0.1, 0.15) is 0 Å². The molecular weight excluding hydrogens is 240 g/mol. The van der Waals surface area contributed by atoms with Gasteiger partial charge in [-0.3, -0.25) is 0 Å². The normalized spacial score (nSPS) is 28.8. The van der Waals surface area contributed by atoms with Crippen LogP contribution >= 0.6 is 0 Å². The predicted molar refractivity (Wildman–Crippen MR) is 76.9 cm³/mol. The Bertz CT molecular complexity index is 316. The summed E-state index contributed by atoms with van der Waals surface area (Å²) in [6.07, 6.45) is 4.84. The third-order valence-corrected chi connectivity index (χ3v) is 5.04. The van der Waals surface area contributed by atoms with Gasteiger partial charge in [0.2, 0.25) is 0 Å². The lowest BCUT2D eigenvalue weighted by Crippen LogP contribution is -2.50. The zero-order valence-electron chi connectivity index (χ0n) is 13.1. The average molecular weight is 270 g/mol. The fourth-order valence-corrected chi connectivity index (χ4v) is 3.50. The zero-order valence-corrected chi connectivity index (χ0v) is 13.1. The Morgan fingerprint density at radius 2 is 1.53 bits per heavy atom. The first-order valence-electron chi connectivity index (χ1n) is 7.56. The van der Waals surface area contributed by atoms with Crippen molar-refractivity contribution in [3.63, 3.8) is 0 Å². The van der Waals surface area contributed by atoms with E-state index in [0.29, 0.717) is 5.92 Å². The van der Waals surface area contributed by atoms with Gasteiger partial charge in [-0.25, -0.2) is 4.79 Å². The molecule has 0 heterocycles. The summed E-state index contributed by atoms with van der Waals surface area (Å²) in [4.78, 5) is 11.5. The Labute approximate surface area is 117 Å². The van der Waals surface area contributed by atoms with E-state index in [0.717, 1.165) is 32.1 Å². The number of carbonyl (C=O) groups is 1. The first-order valence-corrected chi connectivity index (χ1v) is 7.56. The molecule has 1 aliphatic rings. The maximum absolute atomic E-state index is 11.5. The van der Waals surface area contributed by atoms with Crippen molar-refractivity contribution in [2.24, 2.45) is 23.2 Å². The largest absolute Gasteiger partial charge is 0.479 e. The highest BCUT2D eigenvalue weighted by atomic mass is 16.4. The van der Waals surface area contributed by atoms with Gasteiger partial charge < -0.3 is 10.2 Å². The van der Waals surface area contributed by atoms with Crippen LogP contribution in [0.1, 0.15) is 66.7 Å². The van der Waals surface area contributed by atoms with Gasteiger partial charge in [-0.05, 0) is 48.9 Å². The zero-order chi connectivity index (χ0) is 14.8. The van der Waals surface area contributed by atoms with Gasteiger partial charge in [-0.15, -0.1) is 0 Å². The van der Waals surface area contributed by atoms with Crippen molar-refractivity contribution in [1.29, 1.82) is 0 Å². The Balaban J connectivity index is 2.84. The minimum atomic E-state index is -1.56. The SMILES string of the molecule is CC(C)C(O)(C(=O)O)C1CCCC(C(C)(C)C)CC1. The van der Waals surface area contributed by atoms with Gasteiger partial charge >= 0.3 is 5.97 Å². The molecule has 0 amide bonds. The molecule has 1 rings (SSSR count). The second-order valence-electron chi connectivity index (χ2n) is 7.55. The van der Waals surface area contributed by atoms with E-state index in [1.165, 1.54) is 0 Å². The molecule has 3 atom stereocenters. The summed E-state index contributed by atoms with van der Waals surface area (Å²) in [7, 11) is 0. The van der Waals surface area contributed by atoms with E-state index < -0.39 is 11.6 Å². The molecule has 0 spiro atoms. The van der Waals surface area contributed by atoms with Crippen LogP contribution in [0.3, 0.4) is 0 Å². The summed E-state index contributed by atoms with van der Waals surface area (Å²) in [5.74, 6) is -0.789. The Kier molecular flexibility index (Phi) is 5.05. The van der Waals surface area contributed by atoms with Gasteiger partial charge in [0.15, 0.2) is 5.60 Å². The molecule has 3 heteroatoms. The van der Waals surface area contributed by atoms with Crippen LogP contribution in [0, 0.1) is 23.2 Å². The molecule has 3 nitrogen and oxygen atoms in total. The topological polar surface area (TPSA) is 57.5 Å². The van der Waals surface area contributed by atoms with Crippen LogP contribution in [0.2, 0.25) is 0 Å². The number of carboxylic acids is 1. The highest BCUT2D eigenvalue weighted by Gasteiger charge is 2.47. The Morgan fingerprint density at radius 1 is 1.05 bits per heavy atom. The molecule has 0 aromatic rings. The molecule has 2 N–H and O–H groups in total. The summed E-state index contributed by atoms with van der Waals surface area (Å²) in [6.45, 7) is 10.4. The summed E-state index contributed by atoms with van der Waals surface area (Å²) >= 11 is 0. The average Bonchev–Trinajstić information content (AvgIpc) is 2.52. The summed E-state index contributed by atoms with van der Waals surface area (Å²) in [5.41, 5.74) is -1.29. The minimum absolute atomic E-state index is 0.114. The van der Waals surface area contributed by atoms with Crippen molar-refractivity contribution in [3.05, 3.63) is 0 Å². The molecule has 0 aromatic carbocycles. The third kappa shape index (κ3) is 3.50. The fourth-order valence-electron chi connectivity index (χ4n) is 3.50. The van der Waals surface area contributed by atoms with E-state index in [9.17, 15) is 15.0 Å². The highest BCUT2D eigenvalue weighted by Crippen LogP contribution is 2.42. The van der Waals surface area contributed by atoms with Crippen molar-refractivity contribution in [1.82, 2.24) is 0 Å². The van der Waals surface area contributed by atoms with E-state index in [4.69, 9.17) is 0 Å². The minimum Gasteiger partial charge on any atom is -0.479 e. The van der Waals surface area contributed by atoms with Crippen LogP contribution < -0.4 is 0 Å². The molecule has 0 saturated heterocycles. The van der Waals surface area contributed by atoms with Crippen molar-refractivity contribution in [3.8, 4) is 0 Å². The van der Waals surface area contributed by atoms with Crippen molar-refractivity contribution < 1.29 is 15.0 Å². The van der Waals surface area contributed by atoms with Crippen LogP contribution in [0.4, 0.5) is 0 Å². The number of hydrogen-bond donors (Lipinski definition) is 2. The highest BCUT2D eigenvalue weighted by molar-refractivity contribution is 5.78. The van der Waals surface area contributed by atoms with E-state index in [1.807, 2.05) is 0 Å². The van der Waals surface area contributed by atoms with E-state index >= 15 is 0 Å². The molecule has 19 heavy (non-hydrogen) atoms. The maximum Gasteiger partial charge on any atom is 0.336 e. The van der Waals surface area contributed by atoms with Gasteiger partial charge in [0, 0.05) is 0 Å². The second-order valence-corrected chi connectivity index (χ2v) is 7.55.